The van der Waals surface area contributed by atoms with Gasteiger partial charge in [0.2, 0.25) is 0 Å². The molecule has 0 aliphatic carbocycles. The Labute approximate surface area is 169 Å². The van der Waals surface area contributed by atoms with Crippen LogP contribution in [0.4, 0.5) is 4.39 Å². The van der Waals surface area contributed by atoms with Crippen LogP contribution in [0.1, 0.15) is 12.0 Å². The molecule has 1 aromatic carbocycles. The van der Waals surface area contributed by atoms with E-state index >= 15 is 0 Å². The molecular formula is C19H16BrClFN5. The highest BCUT2D eigenvalue weighted by Crippen LogP contribution is 2.28. The number of alkyl halides is 1. The number of hydrogen-bond donors (Lipinski definition) is 0. The summed E-state index contributed by atoms with van der Waals surface area (Å²) in [6, 6.07) is 7.95. The molecule has 8 heteroatoms. The molecule has 0 bridgehead atoms. The van der Waals surface area contributed by atoms with Crippen LogP contribution in [0.5, 0.6) is 0 Å². The van der Waals surface area contributed by atoms with Gasteiger partial charge in [-0.05, 0) is 36.2 Å². The van der Waals surface area contributed by atoms with E-state index in [1.54, 1.807) is 24.9 Å². The third-order valence-electron chi connectivity index (χ3n) is 4.29. The van der Waals surface area contributed by atoms with Crippen LogP contribution in [-0.4, -0.2) is 30.8 Å². The lowest BCUT2D eigenvalue weighted by atomic mass is 10.2. The molecule has 27 heavy (non-hydrogen) atoms. The first-order chi connectivity index (χ1) is 13.2. The number of benzene rings is 1. The van der Waals surface area contributed by atoms with Crippen molar-refractivity contribution in [3.63, 3.8) is 0 Å². The van der Waals surface area contributed by atoms with Crippen molar-refractivity contribution in [3.05, 3.63) is 64.4 Å². The molecule has 0 aliphatic rings. The molecule has 0 unspecified atom stereocenters. The lowest BCUT2D eigenvalue weighted by Gasteiger charge is -2.10. The van der Waals surface area contributed by atoms with E-state index in [-0.39, 0.29) is 6.67 Å². The molecule has 0 saturated carbocycles. The summed E-state index contributed by atoms with van der Waals surface area (Å²) in [7, 11) is 0. The van der Waals surface area contributed by atoms with Gasteiger partial charge in [-0.25, -0.2) is 9.97 Å². The second-order valence-electron chi connectivity index (χ2n) is 6.19. The first kappa shape index (κ1) is 18.1. The van der Waals surface area contributed by atoms with Crippen LogP contribution in [0.2, 0.25) is 5.15 Å². The summed E-state index contributed by atoms with van der Waals surface area (Å²) in [4.78, 5) is 13.2. The molecule has 0 aliphatic heterocycles. The minimum atomic E-state index is -0.371. The lowest BCUT2D eigenvalue weighted by molar-refractivity contribution is 0.450. The molecule has 0 N–H and O–H groups in total. The second kappa shape index (κ2) is 7.78. The van der Waals surface area contributed by atoms with E-state index in [1.807, 2.05) is 33.4 Å². The average Bonchev–Trinajstić information content (AvgIpc) is 3.23. The number of pyridine rings is 1. The Balaban J connectivity index is 1.77. The van der Waals surface area contributed by atoms with Gasteiger partial charge in [-0.3, -0.25) is 9.37 Å². The number of nitrogens with zero attached hydrogens (tertiary/aromatic N) is 5. The number of rotatable bonds is 6. The van der Waals surface area contributed by atoms with Crippen molar-refractivity contribution in [3.8, 4) is 11.4 Å². The van der Waals surface area contributed by atoms with Gasteiger partial charge in [0.15, 0.2) is 0 Å². The smallest absolute Gasteiger partial charge is 0.142 e. The Morgan fingerprint density at radius 2 is 2.00 bits per heavy atom. The SMILES string of the molecule is FCCCn1c(-c2cncc(Cn3cncc3Cl)c2)nc2ccc(Br)cc21. The maximum absolute atomic E-state index is 12.8. The summed E-state index contributed by atoms with van der Waals surface area (Å²) >= 11 is 9.62. The van der Waals surface area contributed by atoms with Crippen LogP contribution in [0, 0.1) is 0 Å². The molecule has 138 valence electrons. The largest absolute Gasteiger partial charge is 0.324 e. The van der Waals surface area contributed by atoms with Crippen molar-refractivity contribution in [2.75, 3.05) is 6.67 Å². The molecule has 0 spiro atoms. The predicted molar refractivity (Wildman–Crippen MR) is 108 cm³/mol. The fourth-order valence-electron chi connectivity index (χ4n) is 3.07. The highest BCUT2D eigenvalue weighted by molar-refractivity contribution is 9.10. The van der Waals surface area contributed by atoms with E-state index < -0.39 is 0 Å². The molecule has 3 heterocycles. The van der Waals surface area contributed by atoms with Crippen LogP contribution in [0.25, 0.3) is 22.4 Å². The molecule has 0 amide bonds. The van der Waals surface area contributed by atoms with Crippen LogP contribution in [0.3, 0.4) is 0 Å². The monoisotopic (exact) mass is 447 g/mol. The summed E-state index contributed by atoms with van der Waals surface area (Å²) in [5.74, 6) is 0.780. The van der Waals surface area contributed by atoms with E-state index in [4.69, 9.17) is 16.6 Å². The van der Waals surface area contributed by atoms with Crippen molar-refractivity contribution < 1.29 is 4.39 Å². The van der Waals surface area contributed by atoms with Crippen LogP contribution < -0.4 is 0 Å². The average molecular weight is 449 g/mol. The number of fused-ring (bicyclic) bond motifs is 1. The molecule has 3 aromatic heterocycles. The van der Waals surface area contributed by atoms with E-state index in [0.29, 0.717) is 24.7 Å². The van der Waals surface area contributed by atoms with Gasteiger partial charge in [-0.15, -0.1) is 0 Å². The topological polar surface area (TPSA) is 48.5 Å². The zero-order valence-corrected chi connectivity index (χ0v) is 16.7. The van der Waals surface area contributed by atoms with E-state index in [9.17, 15) is 4.39 Å². The summed E-state index contributed by atoms with van der Waals surface area (Å²) < 4.78 is 17.7. The number of aryl methyl sites for hydroxylation is 1. The summed E-state index contributed by atoms with van der Waals surface area (Å²) in [6.07, 6.45) is 7.30. The molecule has 0 atom stereocenters. The van der Waals surface area contributed by atoms with Gasteiger partial charge in [0.1, 0.15) is 11.0 Å². The zero-order chi connectivity index (χ0) is 18.8. The molecular weight excluding hydrogens is 433 g/mol. The normalized spacial score (nSPS) is 11.4. The van der Waals surface area contributed by atoms with Crippen molar-refractivity contribution in [2.24, 2.45) is 0 Å². The van der Waals surface area contributed by atoms with Crippen molar-refractivity contribution in [1.29, 1.82) is 0 Å². The first-order valence-corrected chi connectivity index (χ1v) is 9.64. The zero-order valence-electron chi connectivity index (χ0n) is 14.3. The maximum Gasteiger partial charge on any atom is 0.142 e. The van der Waals surface area contributed by atoms with E-state index in [1.165, 1.54) is 0 Å². The highest BCUT2D eigenvalue weighted by Gasteiger charge is 2.14. The minimum Gasteiger partial charge on any atom is -0.324 e. The van der Waals surface area contributed by atoms with Gasteiger partial charge in [0.05, 0.1) is 36.8 Å². The number of imidazole rings is 2. The lowest BCUT2D eigenvalue weighted by Crippen LogP contribution is -2.03. The van der Waals surface area contributed by atoms with Crippen molar-refractivity contribution in [2.45, 2.75) is 19.5 Å². The van der Waals surface area contributed by atoms with E-state index in [0.717, 1.165) is 32.5 Å². The Kier molecular flexibility index (Phi) is 5.22. The third kappa shape index (κ3) is 3.75. The van der Waals surface area contributed by atoms with Crippen LogP contribution in [0.15, 0.2) is 53.7 Å². The number of halogens is 3. The summed E-state index contributed by atoms with van der Waals surface area (Å²) in [6.45, 7) is 0.747. The highest BCUT2D eigenvalue weighted by atomic mass is 79.9. The Morgan fingerprint density at radius 3 is 2.78 bits per heavy atom. The van der Waals surface area contributed by atoms with Gasteiger partial charge >= 0.3 is 0 Å². The van der Waals surface area contributed by atoms with Gasteiger partial charge in [0.25, 0.3) is 0 Å². The Hall–Kier alpha value is -2.25. The van der Waals surface area contributed by atoms with Crippen LogP contribution in [-0.2, 0) is 13.1 Å². The molecule has 0 saturated heterocycles. The van der Waals surface area contributed by atoms with Crippen molar-refractivity contribution in [1.82, 2.24) is 24.1 Å². The van der Waals surface area contributed by atoms with Gasteiger partial charge in [0, 0.05) is 29.0 Å². The Morgan fingerprint density at radius 1 is 1.11 bits per heavy atom. The molecule has 4 rings (SSSR count). The molecule has 0 radical (unpaired) electrons. The van der Waals surface area contributed by atoms with Gasteiger partial charge in [-0.1, -0.05) is 27.5 Å². The molecule has 4 aromatic rings. The number of aromatic nitrogens is 5. The standard InChI is InChI=1S/C19H16BrClFN5/c20-15-2-3-16-17(7-15)27(5-1-4-22)19(25-16)14-6-13(8-23-9-14)11-26-12-24-10-18(26)21/h2-3,6-10,12H,1,4-5,11H2. The van der Waals surface area contributed by atoms with Crippen molar-refractivity contribution >= 4 is 38.6 Å². The summed E-state index contributed by atoms with van der Waals surface area (Å²) in [5.41, 5.74) is 3.71. The molecule has 0 fully saturated rings. The maximum atomic E-state index is 12.8. The molecule has 5 nitrogen and oxygen atoms in total. The minimum absolute atomic E-state index is 0.371. The summed E-state index contributed by atoms with van der Waals surface area (Å²) in [5, 5.41) is 0.570. The first-order valence-electron chi connectivity index (χ1n) is 8.47. The van der Waals surface area contributed by atoms with Gasteiger partial charge in [-0.2, -0.15) is 0 Å². The Bertz CT molecular complexity index is 1090. The van der Waals surface area contributed by atoms with Gasteiger partial charge < -0.3 is 9.13 Å². The number of hydrogen-bond acceptors (Lipinski definition) is 3. The fourth-order valence-corrected chi connectivity index (χ4v) is 3.58. The fraction of sp³-hybridized carbons (Fsp3) is 0.211. The quantitative estimate of drug-likeness (QED) is 0.411. The predicted octanol–water partition coefficient (Wildman–Crippen LogP) is 5.12. The van der Waals surface area contributed by atoms with Crippen LogP contribution >= 0.6 is 27.5 Å². The second-order valence-corrected chi connectivity index (χ2v) is 7.49. The third-order valence-corrected chi connectivity index (χ3v) is 5.10. The van der Waals surface area contributed by atoms with E-state index in [2.05, 4.69) is 25.9 Å².